The molecule has 0 saturated carbocycles. The van der Waals surface area contributed by atoms with E-state index in [0.717, 1.165) is 11.3 Å². The van der Waals surface area contributed by atoms with E-state index < -0.39 is 5.91 Å². The maximum atomic E-state index is 13.1. The molecule has 1 aromatic carbocycles. The zero-order valence-electron chi connectivity index (χ0n) is 27.1. The number of carbonyl (C=O) groups is 3. The zero-order chi connectivity index (χ0) is 33.2. The highest BCUT2D eigenvalue weighted by Crippen LogP contribution is 2.19. The third kappa shape index (κ3) is 8.69. The van der Waals surface area contributed by atoms with Gasteiger partial charge in [-0.1, -0.05) is 18.2 Å². The molecule has 45 heavy (non-hydrogen) atoms. The van der Waals surface area contributed by atoms with Crippen LogP contribution in [0.2, 0.25) is 1.41 Å². The number of anilines is 3. The molecule has 0 atom stereocenters. The molecular formula is C33H39N9O3. The summed E-state index contributed by atoms with van der Waals surface area (Å²) < 4.78 is 10.4. The molecule has 0 aliphatic rings. The number of aromatic nitrogens is 3. The van der Waals surface area contributed by atoms with Crippen LogP contribution < -0.4 is 26.2 Å². The van der Waals surface area contributed by atoms with Gasteiger partial charge in [-0.05, 0) is 55.0 Å². The van der Waals surface area contributed by atoms with E-state index in [1.807, 2.05) is 62.3 Å². The van der Waals surface area contributed by atoms with Crippen LogP contribution in [0, 0.1) is 5.40 Å². The van der Waals surface area contributed by atoms with Crippen LogP contribution in [-0.4, -0.2) is 64.9 Å². The Morgan fingerprint density at radius 2 is 1.53 bits per heavy atom. The molecule has 0 spiro atoms. The second-order valence-corrected chi connectivity index (χ2v) is 10.6. The number of carbonyl (C=O) groups excluding carboxylic acids is 3. The van der Waals surface area contributed by atoms with Crippen molar-refractivity contribution in [3.05, 3.63) is 95.3 Å². The summed E-state index contributed by atoms with van der Waals surface area (Å²) in [6.07, 6.45) is 9.03. The Balaban J connectivity index is 1.32. The van der Waals surface area contributed by atoms with Crippen LogP contribution in [0.15, 0.2) is 67.1 Å². The predicted molar refractivity (Wildman–Crippen MR) is 179 cm³/mol. The van der Waals surface area contributed by atoms with Gasteiger partial charge < -0.3 is 35.3 Å². The van der Waals surface area contributed by atoms with E-state index >= 15 is 0 Å². The van der Waals surface area contributed by atoms with Gasteiger partial charge in [0.1, 0.15) is 11.4 Å². The SMILES string of the molecule is [H]/N=C(\CCNC(=O)c1cc(NC(=O)c2cc(NC(=O)c3ccc(C=Cc4ccc(N(C)C)cc4)nc3)cn2C)cn1C)NCC. The maximum absolute atomic E-state index is 13.1. The summed E-state index contributed by atoms with van der Waals surface area (Å²) in [5.41, 5.74) is 4.81. The molecule has 4 rings (SSSR count). The van der Waals surface area contributed by atoms with Crippen molar-refractivity contribution >= 4 is 52.8 Å². The Hall–Kier alpha value is -5.65. The number of benzene rings is 1. The van der Waals surface area contributed by atoms with Gasteiger partial charge >= 0.3 is 0 Å². The van der Waals surface area contributed by atoms with Crippen molar-refractivity contribution in [2.24, 2.45) is 14.1 Å². The van der Waals surface area contributed by atoms with Crippen LogP contribution in [0.5, 0.6) is 0 Å². The van der Waals surface area contributed by atoms with Gasteiger partial charge in [0.2, 0.25) is 0 Å². The van der Waals surface area contributed by atoms with Gasteiger partial charge in [-0.2, -0.15) is 0 Å². The Morgan fingerprint density at radius 1 is 0.889 bits per heavy atom. The van der Waals surface area contributed by atoms with Crippen LogP contribution in [0.4, 0.5) is 17.1 Å². The maximum Gasteiger partial charge on any atom is 0.272 e. The van der Waals surface area contributed by atoms with Crippen molar-refractivity contribution in [2.45, 2.75) is 13.3 Å². The van der Waals surface area contributed by atoms with Crippen molar-refractivity contribution < 1.29 is 15.8 Å². The summed E-state index contributed by atoms with van der Waals surface area (Å²) >= 11 is 0. The average Bonchev–Trinajstić information content (AvgIpc) is 3.60. The number of aryl methyl sites for hydroxylation is 2. The minimum atomic E-state index is -0.406. The minimum Gasteiger partial charge on any atom is -0.378 e. The lowest BCUT2D eigenvalue weighted by molar-refractivity contribution is 0.0945. The van der Waals surface area contributed by atoms with Gasteiger partial charge in [0.25, 0.3) is 17.7 Å². The van der Waals surface area contributed by atoms with Gasteiger partial charge in [0.15, 0.2) is 1.41 Å². The van der Waals surface area contributed by atoms with Crippen LogP contribution in [-0.2, 0) is 14.1 Å². The average molecular weight is 610 g/mol. The molecule has 12 nitrogen and oxygen atoms in total. The first-order valence-electron chi connectivity index (χ1n) is 14.9. The summed E-state index contributed by atoms with van der Waals surface area (Å²) in [7, 11) is 7.40. The molecule has 3 amide bonds. The van der Waals surface area contributed by atoms with Gasteiger partial charge in [-0.25, -0.2) is 0 Å². The van der Waals surface area contributed by atoms with E-state index in [2.05, 4.69) is 31.7 Å². The Labute approximate surface area is 264 Å². The largest absolute Gasteiger partial charge is 0.378 e. The molecule has 0 fully saturated rings. The summed E-state index contributed by atoms with van der Waals surface area (Å²) in [5, 5.41) is 14.8. The number of pyridine rings is 1. The molecule has 4 aromatic rings. The second kappa shape index (κ2) is 14.7. The Kier molecular flexibility index (Phi) is 10.1. The zero-order valence-corrected chi connectivity index (χ0v) is 26.1. The van der Waals surface area contributed by atoms with Crippen LogP contribution in [0.3, 0.4) is 0 Å². The number of hydrogen-bond donors (Lipinski definition) is 5. The highest BCUT2D eigenvalue weighted by atomic mass is 16.2. The van der Waals surface area contributed by atoms with E-state index in [1.165, 1.54) is 6.20 Å². The van der Waals surface area contributed by atoms with E-state index in [-0.39, 0.29) is 11.8 Å². The van der Waals surface area contributed by atoms with E-state index in [1.54, 1.807) is 59.9 Å². The molecule has 5 N–H and O–H groups in total. The smallest absolute Gasteiger partial charge is 0.272 e. The summed E-state index contributed by atoms with van der Waals surface area (Å²) in [6, 6.07) is 14.8. The van der Waals surface area contributed by atoms with Crippen LogP contribution in [0.1, 0.15) is 55.9 Å². The first-order chi connectivity index (χ1) is 22.1. The molecule has 3 heterocycles. The van der Waals surface area contributed by atoms with Gasteiger partial charge in [0.05, 0.1) is 28.5 Å². The second-order valence-electron chi connectivity index (χ2n) is 10.6. The molecule has 0 unspecified atom stereocenters. The summed E-state index contributed by atoms with van der Waals surface area (Å²) in [4.78, 5) is 45.1. The van der Waals surface area contributed by atoms with Crippen molar-refractivity contribution in [1.82, 2.24) is 24.8 Å². The lowest BCUT2D eigenvalue weighted by Gasteiger charge is -2.11. The monoisotopic (exact) mass is 609 g/mol. The van der Waals surface area contributed by atoms with E-state index in [9.17, 15) is 14.4 Å². The number of rotatable bonds is 12. The molecule has 0 bridgehead atoms. The van der Waals surface area contributed by atoms with Crippen molar-refractivity contribution in [2.75, 3.05) is 42.7 Å². The highest BCUT2D eigenvalue weighted by Gasteiger charge is 2.17. The number of amidine groups is 1. The third-order valence-corrected chi connectivity index (χ3v) is 6.92. The van der Waals surface area contributed by atoms with Crippen molar-refractivity contribution in [1.29, 1.82) is 5.40 Å². The molecule has 3 aromatic heterocycles. The molecule has 0 radical (unpaired) electrons. The standard InChI is InChI=1S/C33H39N9O3/c1-6-35-30(34)15-16-36-32(44)28-17-26(21-41(28)4)39-33(45)29-18-25(20-42(29)5)38-31(43)23-10-12-24(37-19-23)11-7-22-8-13-27(14-9-22)40(2)3/h7-14,17-21H,6,15-16H2,1-5H3,(H2,34,35)(H,36,44)(H,38,43)(H,39,45). The quantitative estimate of drug-likeness (QED) is 0.120. The summed E-state index contributed by atoms with van der Waals surface area (Å²) in [5.74, 6) is -0.593. The fraction of sp³-hybridized carbons (Fsp3) is 0.242. The molecule has 12 heteroatoms. The number of nitrogens with zero attached hydrogens (tertiary/aromatic N) is 4. The summed E-state index contributed by atoms with van der Waals surface area (Å²) in [6.45, 7) is 2.84. The lowest BCUT2D eigenvalue weighted by Crippen LogP contribution is -2.31. The number of amides is 3. The first kappa shape index (κ1) is 30.8. The predicted octanol–water partition coefficient (Wildman–Crippen LogP) is 4.21. The number of nitrogens with one attached hydrogen (secondary N) is 5. The molecule has 234 valence electrons. The topological polar surface area (TPSA) is 149 Å². The molecule has 0 saturated heterocycles. The van der Waals surface area contributed by atoms with Crippen molar-refractivity contribution in [3.63, 3.8) is 0 Å². The van der Waals surface area contributed by atoms with Crippen LogP contribution in [0.25, 0.3) is 12.2 Å². The third-order valence-electron chi connectivity index (χ3n) is 6.92. The fourth-order valence-corrected chi connectivity index (χ4v) is 4.50. The van der Waals surface area contributed by atoms with E-state index in [0.29, 0.717) is 59.4 Å². The minimum absolute atomic E-state index is 0.303. The first-order valence-corrected chi connectivity index (χ1v) is 14.5. The van der Waals surface area contributed by atoms with Gasteiger partial charge in [-0.15, -0.1) is 0 Å². The van der Waals surface area contributed by atoms with Gasteiger partial charge in [-0.3, -0.25) is 24.8 Å². The molecule has 0 aliphatic heterocycles. The Bertz CT molecular complexity index is 1740. The normalized spacial score (nSPS) is 11.7. The van der Waals surface area contributed by atoms with Crippen LogP contribution >= 0.6 is 0 Å². The van der Waals surface area contributed by atoms with E-state index in [4.69, 9.17) is 1.41 Å². The molecular weight excluding hydrogens is 570 g/mol. The highest BCUT2D eigenvalue weighted by molar-refractivity contribution is 6.07. The van der Waals surface area contributed by atoms with Gasteiger partial charge in [0, 0.05) is 72.0 Å². The van der Waals surface area contributed by atoms with Crippen molar-refractivity contribution in [3.8, 4) is 0 Å². The fourth-order valence-electron chi connectivity index (χ4n) is 4.50. The Morgan fingerprint density at radius 3 is 2.11 bits per heavy atom. The number of hydrogen-bond acceptors (Lipinski definition) is 6. The lowest BCUT2D eigenvalue weighted by atomic mass is 10.1. The molecule has 0 aliphatic carbocycles.